The SMILES string of the molecule is CC1=NCC(C(=O)N2CC[C@H](Oc3ccc(-c4cc(NC(=O)C5CC5)ccn4)cc3C#N)[C@H](F)C2)=N1. The minimum absolute atomic E-state index is 0.00168. The molecular formula is C26H25FN6O3. The zero-order valence-corrected chi connectivity index (χ0v) is 19.8. The first kappa shape index (κ1) is 23.6. The number of carbonyl (C=O) groups is 2. The van der Waals surface area contributed by atoms with E-state index in [9.17, 15) is 19.2 Å². The molecule has 0 radical (unpaired) electrons. The van der Waals surface area contributed by atoms with E-state index in [1.165, 1.54) is 4.90 Å². The second kappa shape index (κ2) is 9.85. The van der Waals surface area contributed by atoms with Crippen molar-refractivity contribution in [1.29, 1.82) is 5.26 Å². The van der Waals surface area contributed by atoms with E-state index >= 15 is 0 Å². The molecule has 0 spiro atoms. The van der Waals surface area contributed by atoms with Crippen molar-refractivity contribution < 1.29 is 18.7 Å². The molecule has 0 bridgehead atoms. The first-order chi connectivity index (χ1) is 17.4. The zero-order chi connectivity index (χ0) is 25.2. The van der Waals surface area contributed by atoms with Gasteiger partial charge in [0.05, 0.1) is 24.3 Å². The van der Waals surface area contributed by atoms with Gasteiger partial charge in [-0.1, -0.05) is 0 Å². The normalized spacial score (nSPS) is 21.3. The Balaban J connectivity index is 1.25. The standard InChI is InChI=1S/C26H25FN6O3/c1-15-30-13-22(31-15)26(35)33-9-7-24(20(27)14-33)36-23-5-4-17(10-18(23)12-28)21-11-19(6-8-29-21)32-25(34)16-2-3-16/h4-6,8,10-11,16,20,24H,2-3,7,9,13-14H2,1H3,(H,29,32,34)/t20-,24+/m1/s1. The Kier molecular flexibility index (Phi) is 6.46. The van der Waals surface area contributed by atoms with Gasteiger partial charge < -0.3 is 15.0 Å². The quantitative estimate of drug-likeness (QED) is 0.670. The molecule has 1 saturated carbocycles. The van der Waals surface area contributed by atoms with Gasteiger partial charge in [0.1, 0.15) is 29.5 Å². The van der Waals surface area contributed by atoms with Crippen molar-refractivity contribution in [3.05, 3.63) is 42.1 Å². The molecule has 10 heteroatoms. The zero-order valence-electron chi connectivity index (χ0n) is 19.8. The van der Waals surface area contributed by atoms with Gasteiger partial charge in [0, 0.05) is 36.3 Å². The van der Waals surface area contributed by atoms with E-state index in [1.54, 1.807) is 43.5 Å². The molecule has 2 fully saturated rings. The molecule has 0 unspecified atom stereocenters. The summed E-state index contributed by atoms with van der Waals surface area (Å²) in [5, 5.41) is 12.6. The van der Waals surface area contributed by atoms with Crippen molar-refractivity contribution in [3.8, 4) is 23.1 Å². The van der Waals surface area contributed by atoms with Gasteiger partial charge in [0.25, 0.3) is 5.91 Å². The van der Waals surface area contributed by atoms with Gasteiger partial charge in [-0.3, -0.25) is 19.6 Å². The maximum Gasteiger partial charge on any atom is 0.270 e. The van der Waals surface area contributed by atoms with Crippen LogP contribution in [0, 0.1) is 17.2 Å². The summed E-state index contributed by atoms with van der Waals surface area (Å²) in [6, 6.07) is 10.6. The van der Waals surface area contributed by atoms with Gasteiger partial charge in [-0.15, -0.1) is 0 Å². The third-order valence-corrected chi connectivity index (χ3v) is 6.42. The highest BCUT2D eigenvalue weighted by Crippen LogP contribution is 2.32. The van der Waals surface area contributed by atoms with Gasteiger partial charge in [-0.05, 0) is 50.1 Å². The number of nitrogens with one attached hydrogen (secondary N) is 1. The molecule has 2 aromatic rings. The van der Waals surface area contributed by atoms with Gasteiger partial charge in [0.15, 0.2) is 6.17 Å². The van der Waals surface area contributed by atoms with Crippen LogP contribution < -0.4 is 10.1 Å². The Bertz CT molecular complexity index is 1310. The Morgan fingerprint density at radius 3 is 2.75 bits per heavy atom. The fraction of sp³-hybridized carbons (Fsp3) is 0.385. The Hall–Kier alpha value is -4.13. The summed E-state index contributed by atoms with van der Waals surface area (Å²) in [7, 11) is 0. The molecule has 1 aliphatic carbocycles. The molecule has 2 amide bonds. The molecule has 9 nitrogen and oxygen atoms in total. The van der Waals surface area contributed by atoms with Crippen LogP contribution in [0.4, 0.5) is 10.1 Å². The number of alkyl halides is 1. The maximum atomic E-state index is 15.0. The van der Waals surface area contributed by atoms with Gasteiger partial charge in [-0.2, -0.15) is 5.26 Å². The molecule has 2 aliphatic heterocycles. The van der Waals surface area contributed by atoms with Crippen LogP contribution in [0.3, 0.4) is 0 Å². The van der Waals surface area contributed by atoms with Crippen LogP contribution in [0.2, 0.25) is 0 Å². The number of nitriles is 1. The Labute approximate surface area is 207 Å². The molecule has 36 heavy (non-hydrogen) atoms. The van der Waals surface area contributed by atoms with Crippen molar-refractivity contribution in [2.75, 3.05) is 25.0 Å². The Morgan fingerprint density at radius 1 is 1.22 bits per heavy atom. The Morgan fingerprint density at radius 2 is 2.06 bits per heavy atom. The van der Waals surface area contributed by atoms with Crippen LogP contribution in [-0.2, 0) is 9.59 Å². The number of ether oxygens (including phenoxy) is 1. The van der Waals surface area contributed by atoms with Crippen molar-refractivity contribution >= 4 is 29.0 Å². The van der Waals surface area contributed by atoms with E-state index in [1.807, 2.05) is 0 Å². The summed E-state index contributed by atoms with van der Waals surface area (Å²) in [4.78, 5) is 38.7. The van der Waals surface area contributed by atoms with E-state index in [2.05, 4.69) is 26.4 Å². The number of hydrogen-bond donors (Lipinski definition) is 1. The van der Waals surface area contributed by atoms with Crippen LogP contribution in [0.15, 0.2) is 46.5 Å². The van der Waals surface area contributed by atoms with Gasteiger partial charge in [-0.25, -0.2) is 9.38 Å². The molecule has 1 aromatic carbocycles. The molecule has 5 rings (SSSR count). The molecule has 1 saturated heterocycles. The number of anilines is 1. The number of likely N-dealkylation sites (tertiary alicyclic amines) is 1. The molecular weight excluding hydrogens is 463 g/mol. The molecule has 2 atom stereocenters. The van der Waals surface area contributed by atoms with Crippen molar-refractivity contribution in [3.63, 3.8) is 0 Å². The average molecular weight is 489 g/mol. The number of rotatable bonds is 6. The summed E-state index contributed by atoms with van der Waals surface area (Å²) >= 11 is 0. The number of benzene rings is 1. The molecule has 3 aliphatic rings. The lowest BCUT2D eigenvalue weighted by atomic mass is 10.0. The lowest BCUT2D eigenvalue weighted by Crippen LogP contribution is -2.51. The van der Waals surface area contributed by atoms with Crippen LogP contribution in [0.5, 0.6) is 5.75 Å². The number of carbonyl (C=O) groups excluding carboxylic acids is 2. The fourth-order valence-corrected chi connectivity index (χ4v) is 4.25. The number of nitrogens with zero attached hydrogens (tertiary/aromatic N) is 5. The summed E-state index contributed by atoms with van der Waals surface area (Å²) in [6.45, 7) is 2.16. The van der Waals surface area contributed by atoms with Crippen molar-refractivity contribution in [2.24, 2.45) is 15.9 Å². The fourth-order valence-electron chi connectivity index (χ4n) is 4.25. The first-order valence-electron chi connectivity index (χ1n) is 11.9. The number of amidine groups is 1. The number of pyridine rings is 1. The second-order valence-electron chi connectivity index (χ2n) is 9.15. The third kappa shape index (κ3) is 5.10. The van der Waals surface area contributed by atoms with E-state index in [0.717, 1.165) is 12.8 Å². The van der Waals surface area contributed by atoms with Crippen LogP contribution in [0.1, 0.15) is 31.7 Å². The highest BCUT2D eigenvalue weighted by molar-refractivity contribution is 6.42. The van der Waals surface area contributed by atoms with Gasteiger partial charge in [0.2, 0.25) is 5.91 Å². The van der Waals surface area contributed by atoms with E-state index in [-0.39, 0.29) is 48.6 Å². The number of amides is 2. The van der Waals surface area contributed by atoms with Crippen LogP contribution >= 0.6 is 0 Å². The highest BCUT2D eigenvalue weighted by Gasteiger charge is 2.35. The van der Waals surface area contributed by atoms with E-state index in [0.29, 0.717) is 35.0 Å². The molecule has 3 heterocycles. The smallest absolute Gasteiger partial charge is 0.270 e. The largest absolute Gasteiger partial charge is 0.486 e. The topological polar surface area (TPSA) is 120 Å². The lowest BCUT2D eigenvalue weighted by molar-refractivity contribution is -0.127. The van der Waals surface area contributed by atoms with Gasteiger partial charge >= 0.3 is 0 Å². The third-order valence-electron chi connectivity index (χ3n) is 6.42. The molecule has 1 aromatic heterocycles. The lowest BCUT2D eigenvalue weighted by Gasteiger charge is -2.34. The van der Waals surface area contributed by atoms with Crippen molar-refractivity contribution in [1.82, 2.24) is 9.88 Å². The highest BCUT2D eigenvalue weighted by atomic mass is 19.1. The van der Waals surface area contributed by atoms with Crippen LogP contribution in [-0.4, -0.2) is 65.2 Å². The summed E-state index contributed by atoms with van der Waals surface area (Å²) in [6.07, 6.45) is 1.52. The number of hydrogen-bond acceptors (Lipinski definition) is 7. The number of piperidine rings is 1. The van der Waals surface area contributed by atoms with Crippen molar-refractivity contribution in [2.45, 2.75) is 38.5 Å². The maximum absolute atomic E-state index is 15.0. The number of halogens is 1. The molecule has 184 valence electrons. The van der Waals surface area contributed by atoms with E-state index < -0.39 is 12.3 Å². The number of aromatic nitrogens is 1. The average Bonchev–Trinajstić information content (AvgIpc) is 3.65. The minimum atomic E-state index is -1.41. The summed E-state index contributed by atoms with van der Waals surface area (Å²) < 4.78 is 20.9. The summed E-state index contributed by atoms with van der Waals surface area (Å²) in [5.41, 5.74) is 2.48. The predicted molar refractivity (Wildman–Crippen MR) is 132 cm³/mol. The van der Waals surface area contributed by atoms with E-state index in [4.69, 9.17) is 4.74 Å². The molecule has 1 N–H and O–H groups in total. The van der Waals surface area contributed by atoms with Crippen LogP contribution in [0.25, 0.3) is 11.3 Å². The minimum Gasteiger partial charge on any atom is -0.486 e. The first-order valence-corrected chi connectivity index (χ1v) is 11.9. The predicted octanol–water partition coefficient (Wildman–Crippen LogP) is 3.16. The summed E-state index contributed by atoms with van der Waals surface area (Å²) in [5.74, 6) is 0.604. The second-order valence-corrected chi connectivity index (χ2v) is 9.15. The monoisotopic (exact) mass is 488 g/mol. The number of aliphatic imine (C=N–C) groups is 2.